The summed E-state index contributed by atoms with van der Waals surface area (Å²) in [5, 5.41) is 8.54. The van der Waals surface area contributed by atoms with Gasteiger partial charge in [-0.3, -0.25) is 4.90 Å². The number of hydrogen-bond acceptors (Lipinski definition) is 2. The number of rotatable bonds is 6. The summed E-state index contributed by atoms with van der Waals surface area (Å²) in [6, 6.07) is 0.511. The van der Waals surface area contributed by atoms with Crippen molar-refractivity contribution in [3.8, 4) is 0 Å². The van der Waals surface area contributed by atoms with E-state index in [4.69, 9.17) is 5.11 Å². The van der Waals surface area contributed by atoms with Crippen LogP contribution in [0.3, 0.4) is 0 Å². The van der Waals surface area contributed by atoms with Crippen molar-refractivity contribution in [2.45, 2.75) is 39.7 Å². The Balaban J connectivity index is 4.04. The average molecular weight is 199 g/mol. The second kappa shape index (κ2) is 6.60. The van der Waals surface area contributed by atoms with Gasteiger partial charge in [0.2, 0.25) is 0 Å². The summed E-state index contributed by atoms with van der Waals surface area (Å²) in [4.78, 5) is 12.6. The first-order chi connectivity index (χ1) is 6.47. The molecular formula is C11H21NO2. The van der Waals surface area contributed by atoms with E-state index >= 15 is 0 Å². The van der Waals surface area contributed by atoms with Gasteiger partial charge < -0.3 is 5.11 Å². The molecule has 1 atom stereocenters. The molecule has 0 fully saturated rings. The van der Waals surface area contributed by atoms with Crippen LogP contribution in [0.1, 0.15) is 33.6 Å². The maximum atomic E-state index is 10.4. The van der Waals surface area contributed by atoms with Crippen LogP contribution in [-0.2, 0) is 4.79 Å². The lowest BCUT2D eigenvalue weighted by Crippen LogP contribution is -2.30. The molecule has 0 aromatic heterocycles. The second-order valence-corrected chi connectivity index (χ2v) is 3.88. The van der Waals surface area contributed by atoms with Crippen LogP contribution in [0.15, 0.2) is 11.6 Å². The van der Waals surface area contributed by atoms with E-state index in [1.807, 2.05) is 14.0 Å². The summed E-state index contributed by atoms with van der Waals surface area (Å²) in [5.41, 5.74) is 0.892. The van der Waals surface area contributed by atoms with Gasteiger partial charge in [0.15, 0.2) is 0 Å². The Bertz CT molecular complexity index is 211. The number of hydrogen-bond donors (Lipinski definition) is 1. The molecule has 0 aliphatic carbocycles. The van der Waals surface area contributed by atoms with Crippen LogP contribution in [0.5, 0.6) is 0 Å². The van der Waals surface area contributed by atoms with Gasteiger partial charge in [0.1, 0.15) is 0 Å². The molecule has 0 radical (unpaired) electrons. The van der Waals surface area contributed by atoms with Gasteiger partial charge in [-0.1, -0.05) is 18.9 Å². The molecular weight excluding hydrogens is 178 g/mol. The van der Waals surface area contributed by atoms with E-state index < -0.39 is 5.97 Å². The number of carboxylic acids is 1. The van der Waals surface area contributed by atoms with Gasteiger partial charge in [-0.05, 0) is 27.3 Å². The highest BCUT2D eigenvalue weighted by Crippen LogP contribution is 2.06. The Kier molecular flexibility index (Phi) is 6.21. The molecule has 0 saturated carbocycles. The quantitative estimate of drug-likeness (QED) is 0.666. The largest absolute Gasteiger partial charge is 0.478 e. The number of likely N-dealkylation sites (N-methyl/N-ethyl adjacent to an activating group) is 1. The maximum Gasteiger partial charge on any atom is 0.328 e. The summed E-state index contributed by atoms with van der Waals surface area (Å²) >= 11 is 0. The third kappa shape index (κ3) is 5.75. The molecule has 0 saturated heterocycles. The highest BCUT2D eigenvalue weighted by atomic mass is 16.4. The zero-order valence-electron chi connectivity index (χ0n) is 9.58. The van der Waals surface area contributed by atoms with Gasteiger partial charge >= 0.3 is 5.97 Å². The topological polar surface area (TPSA) is 40.5 Å². The van der Waals surface area contributed by atoms with Crippen LogP contribution in [0.25, 0.3) is 0 Å². The van der Waals surface area contributed by atoms with Gasteiger partial charge in [-0.15, -0.1) is 0 Å². The molecule has 0 amide bonds. The Labute approximate surface area is 86.4 Å². The molecule has 0 rings (SSSR count). The molecule has 0 aliphatic heterocycles. The first-order valence-electron chi connectivity index (χ1n) is 5.07. The van der Waals surface area contributed by atoms with Crippen LogP contribution < -0.4 is 0 Å². The van der Waals surface area contributed by atoms with Gasteiger partial charge in [-0.2, -0.15) is 0 Å². The zero-order chi connectivity index (χ0) is 11.1. The minimum Gasteiger partial charge on any atom is -0.478 e. The van der Waals surface area contributed by atoms with Gasteiger partial charge in [0.25, 0.3) is 0 Å². The van der Waals surface area contributed by atoms with Crippen molar-refractivity contribution in [2.75, 3.05) is 13.6 Å². The Hall–Kier alpha value is -0.830. The Morgan fingerprint density at radius 2 is 2.14 bits per heavy atom. The van der Waals surface area contributed by atoms with Crippen molar-refractivity contribution in [1.82, 2.24) is 4.90 Å². The fourth-order valence-electron chi connectivity index (χ4n) is 1.44. The van der Waals surface area contributed by atoms with Gasteiger partial charge in [0, 0.05) is 18.7 Å². The molecule has 0 aromatic carbocycles. The second-order valence-electron chi connectivity index (χ2n) is 3.88. The SMILES string of the molecule is CCCC(C)N(C)CC(C)=CC(=O)O. The summed E-state index contributed by atoms with van der Waals surface area (Å²) in [6.07, 6.45) is 3.58. The number of aliphatic carboxylic acids is 1. The van der Waals surface area contributed by atoms with Crippen LogP contribution in [0.4, 0.5) is 0 Å². The van der Waals surface area contributed by atoms with Crippen molar-refractivity contribution < 1.29 is 9.90 Å². The first-order valence-corrected chi connectivity index (χ1v) is 5.07. The number of carbonyl (C=O) groups is 1. The summed E-state index contributed by atoms with van der Waals surface area (Å²) in [7, 11) is 2.03. The van der Waals surface area contributed by atoms with Crippen LogP contribution in [-0.4, -0.2) is 35.6 Å². The molecule has 14 heavy (non-hydrogen) atoms. The molecule has 0 aromatic rings. The van der Waals surface area contributed by atoms with Crippen molar-refractivity contribution in [2.24, 2.45) is 0 Å². The number of carboxylic acid groups (broad SMARTS) is 1. The van der Waals surface area contributed by atoms with Crippen LogP contribution in [0.2, 0.25) is 0 Å². The molecule has 3 nitrogen and oxygen atoms in total. The van der Waals surface area contributed by atoms with E-state index in [1.54, 1.807) is 0 Å². The monoisotopic (exact) mass is 199 g/mol. The van der Waals surface area contributed by atoms with E-state index in [-0.39, 0.29) is 0 Å². The normalized spacial score (nSPS) is 14.5. The predicted octanol–water partition coefficient (Wildman–Crippen LogP) is 2.14. The van der Waals surface area contributed by atoms with Crippen LogP contribution >= 0.6 is 0 Å². The zero-order valence-corrected chi connectivity index (χ0v) is 9.58. The maximum absolute atomic E-state index is 10.4. The van der Waals surface area contributed by atoms with E-state index in [0.717, 1.165) is 25.0 Å². The third-order valence-electron chi connectivity index (χ3n) is 2.33. The van der Waals surface area contributed by atoms with Crippen molar-refractivity contribution in [1.29, 1.82) is 0 Å². The highest BCUT2D eigenvalue weighted by molar-refractivity contribution is 5.80. The fraction of sp³-hybridized carbons (Fsp3) is 0.727. The molecule has 0 spiro atoms. The first kappa shape index (κ1) is 13.2. The lowest BCUT2D eigenvalue weighted by Gasteiger charge is -2.24. The van der Waals surface area contributed by atoms with Crippen LogP contribution in [0, 0.1) is 0 Å². The molecule has 0 bridgehead atoms. The van der Waals surface area contributed by atoms with E-state index in [2.05, 4.69) is 18.7 Å². The Morgan fingerprint density at radius 1 is 1.57 bits per heavy atom. The summed E-state index contributed by atoms with van der Waals surface area (Å²) in [5.74, 6) is -0.862. The lowest BCUT2D eigenvalue weighted by atomic mass is 10.1. The van der Waals surface area contributed by atoms with Crippen molar-refractivity contribution in [3.63, 3.8) is 0 Å². The summed E-state index contributed by atoms with van der Waals surface area (Å²) < 4.78 is 0. The summed E-state index contributed by atoms with van der Waals surface area (Å²) in [6.45, 7) is 6.90. The van der Waals surface area contributed by atoms with E-state index in [9.17, 15) is 4.79 Å². The third-order valence-corrected chi connectivity index (χ3v) is 2.33. The van der Waals surface area contributed by atoms with E-state index in [1.165, 1.54) is 6.08 Å². The minimum absolute atomic E-state index is 0.511. The Morgan fingerprint density at radius 3 is 2.57 bits per heavy atom. The predicted molar refractivity (Wildman–Crippen MR) is 58.4 cm³/mol. The molecule has 82 valence electrons. The fourth-order valence-corrected chi connectivity index (χ4v) is 1.44. The standard InChI is InChI=1S/C11H21NO2/c1-5-6-10(3)12(4)8-9(2)7-11(13)14/h7,10H,5-6,8H2,1-4H3,(H,13,14). The van der Waals surface area contributed by atoms with Gasteiger partial charge in [0.05, 0.1) is 0 Å². The minimum atomic E-state index is -0.862. The van der Waals surface area contributed by atoms with Crippen molar-refractivity contribution >= 4 is 5.97 Å². The lowest BCUT2D eigenvalue weighted by molar-refractivity contribution is -0.131. The smallest absolute Gasteiger partial charge is 0.328 e. The molecule has 1 unspecified atom stereocenters. The molecule has 0 aliphatic rings. The number of nitrogens with zero attached hydrogens (tertiary/aromatic N) is 1. The highest BCUT2D eigenvalue weighted by Gasteiger charge is 2.08. The molecule has 0 heterocycles. The molecule has 1 N–H and O–H groups in total. The average Bonchev–Trinajstić information content (AvgIpc) is 2.02. The molecule has 3 heteroatoms. The van der Waals surface area contributed by atoms with Gasteiger partial charge in [-0.25, -0.2) is 4.79 Å². The van der Waals surface area contributed by atoms with Crippen molar-refractivity contribution in [3.05, 3.63) is 11.6 Å². The van der Waals surface area contributed by atoms with E-state index in [0.29, 0.717) is 6.04 Å².